The van der Waals surface area contributed by atoms with Gasteiger partial charge in [-0.1, -0.05) is 56.5 Å². The maximum absolute atomic E-state index is 6.04. The van der Waals surface area contributed by atoms with Crippen molar-refractivity contribution in [1.29, 1.82) is 0 Å². The van der Waals surface area contributed by atoms with Gasteiger partial charge in [0.1, 0.15) is 6.61 Å². The Hall–Kier alpha value is -1.23. The first-order valence-corrected chi connectivity index (χ1v) is 10.4. The van der Waals surface area contributed by atoms with Crippen LogP contribution in [0.15, 0.2) is 46.9 Å². The Balaban J connectivity index is 0.00000364. The molecular formula is C22H31BrClNO2. The lowest BCUT2D eigenvalue weighted by Crippen LogP contribution is -2.15. The number of unbranched alkanes of at least 4 members (excludes halogenated alkanes) is 3. The Morgan fingerprint density at radius 1 is 0.926 bits per heavy atom. The van der Waals surface area contributed by atoms with Gasteiger partial charge in [0.25, 0.3) is 0 Å². The van der Waals surface area contributed by atoms with Gasteiger partial charge in [-0.3, -0.25) is 0 Å². The molecule has 0 heterocycles. The molecule has 0 radical (unpaired) electrons. The number of halogens is 2. The van der Waals surface area contributed by atoms with Crippen LogP contribution in [0.4, 0.5) is 0 Å². The van der Waals surface area contributed by atoms with Gasteiger partial charge in [-0.15, -0.1) is 12.4 Å². The minimum atomic E-state index is 0. The molecule has 0 saturated heterocycles. The van der Waals surface area contributed by atoms with Crippen LogP contribution in [0.25, 0.3) is 0 Å². The smallest absolute Gasteiger partial charge is 0.175 e. The highest BCUT2D eigenvalue weighted by molar-refractivity contribution is 9.10. The van der Waals surface area contributed by atoms with Crippen molar-refractivity contribution >= 4 is 28.3 Å². The molecule has 3 nitrogen and oxygen atoms in total. The first kappa shape index (κ1) is 23.8. The van der Waals surface area contributed by atoms with Gasteiger partial charge in [0.15, 0.2) is 11.5 Å². The molecule has 0 unspecified atom stereocenters. The Morgan fingerprint density at radius 2 is 1.70 bits per heavy atom. The van der Waals surface area contributed by atoms with Gasteiger partial charge >= 0.3 is 0 Å². The summed E-state index contributed by atoms with van der Waals surface area (Å²) in [6.45, 7) is 7.25. The topological polar surface area (TPSA) is 30.5 Å². The van der Waals surface area contributed by atoms with Gasteiger partial charge in [-0.25, -0.2) is 0 Å². The van der Waals surface area contributed by atoms with Crippen molar-refractivity contribution < 1.29 is 9.47 Å². The van der Waals surface area contributed by atoms with Gasteiger partial charge in [-0.2, -0.15) is 0 Å². The Morgan fingerprint density at radius 3 is 2.41 bits per heavy atom. The second-order valence-electron chi connectivity index (χ2n) is 6.35. The van der Waals surface area contributed by atoms with Crippen molar-refractivity contribution in [2.75, 3.05) is 13.2 Å². The quantitative estimate of drug-likeness (QED) is 0.369. The van der Waals surface area contributed by atoms with Crippen LogP contribution in [-0.2, 0) is 13.2 Å². The summed E-state index contributed by atoms with van der Waals surface area (Å²) in [6, 6.07) is 14.4. The molecule has 0 saturated carbocycles. The summed E-state index contributed by atoms with van der Waals surface area (Å²) >= 11 is 3.65. The Labute approximate surface area is 178 Å². The fourth-order valence-corrected chi connectivity index (χ4v) is 3.37. The standard InChI is InChI=1S/C22H30BrNO2.ClH/c1-3-5-6-10-13-24-16-19-14-20(23)22(21(15-19)25-4-2)26-17-18-11-8-7-9-12-18;/h7-9,11-12,14-15,24H,3-6,10,13,16-17H2,1-2H3;1H. The van der Waals surface area contributed by atoms with E-state index in [2.05, 4.69) is 52.4 Å². The average molecular weight is 457 g/mol. The van der Waals surface area contributed by atoms with Crippen LogP contribution in [0.3, 0.4) is 0 Å². The molecule has 0 aliphatic heterocycles. The second kappa shape index (κ2) is 13.9. The number of ether oxygens (including phenoxy) is 2. The van der Waals surface area contributed by atoms with Crippen LogP contribution >= 0.6 is 28.3 Å². The van der Waals surface area contributed by atoms with Crippen molar-refractivity contribution in [2.45, 2.75) is 52.7 Å². The van der Waals surface area contributed by atoms with E-state index in [1.807, 2.05) is 25.1 Å². The predicted molar refractivity (Wildman–Crippen MR) is 119 cm³/mol. The lowest BCUT2D eigenvalue weighted by atomic mass is 10.1. The zero-order chi connectivity index (χ0) is 18.6. The van der Waals surface area contributed by atoms with Crippen molar-refractivity contribution in [3.63, 3.8) is 0 Å². The van der Waals surface area contributed by atoms with Crippen molar-refractivity contribution in [1.82, 2.24) is 5.32 Å². The molecule has 0 aliphatic carbocycles. The molecular weight excluding hydrogens is 426 g/mol. The number of hydrogen-bond donors (Lipinski definition) is 1. The normalized spacial score (nSPS) is 10.3. The monoisotopic (exact) mass is 455 g/mol. The minimum absolute atomic E-state index is 0. The van der Waals surface area contributed by atoms with E-state index in [4.69, 9.17) is 9.47 Å². The van der Waals surface area contributed by atoms with Crippen LogP contribution < -0.4 is 14.8 Å². The highest BCUT2D eigenvalue weighted by Crippen LogP contribution is 2.37. The molecule has 0 fully saturated rings. The maximum Gasteiger partial charge on any atom is 0.175 e. The van der Waals surface area contributed by atoms with Crippen LogP contribution in [0.5, 0.6) is 11.5 Å². The molecule has 0 atom stereocenters. The maximum atomic E-state index is 6.04. The highest BCUT2D eigenvalue weighted by atomic mass is 79.9. The van der Waals surface area contributed by atoms with E-state index in [0.29, 0.717) is 13.2 Å². The molecule has 0 bridgehead atoms. The molecule has 2 rings (SSSR count). The molecule has 2 aromatic carbocycles. The summed E-state index contributed by atoms with van der Waals surface area (Å²) in [5.41, 5.74) is 2.34. The molecule has 5 heteroatoms. The molecule has 1 N–H and O–H groups in total. The number of benzene rings is 2. The lowest BCUT2D eigenvalue weighted by Gasteiger charge is -2.16. The Kier molecular flexibility index (Phi) is 12.2. The van der Waals surface area contributed by atoms with E-state index in [1.165, 1.54) is 31.2 Å². The minimum Gasteiger partial charge on any atom is -0.490 e. The Bertz CT molecular complexity index is 652. The van der Waals surface area contributed by atoms with Crippen LogP contribution in [0.2, 0.25) is 0 Å². The molecule has 0 aliphatic rings. The molecule has 2 aromatic rings. The second-order valence-corrected chi connectivity index (χ2v) is 7.20. The average Bonchev–Trinajstić information content (AvgIpc) is 2.65. The van der Waals surface area contributed by atoms with E-state index in [0.717, 1.165) is 34.6 Å². The third kappa shape index (κ3) is 8.54. The third-order valence-corrected chi connectivity index (χ3v) is 4.72. The third-order valence-electron chi connectivity index (χ3n) is 4.13. The number of nitrogens with one attached hydrogen (secondary N) is 1. The summed E-state index contributed by atoms with van der Waals surface area (Å²) in [6.07, 6.45) is 5.11. The van der Waals surface area contributed by atoms with Crippen LogP contribution in [0.1, 0.15) is 50.7 Å². The fourth-order valence-electron chi connectivity index (χ4n) is 2.77. The van der Waals surface area contributed by atoms with Gasteiger partial charge in [0.05, 0.1) is 11.1 Å². The summed E-state index contributed by atoms with van der Waals surface area (Å²) < 4.78 is 12.8. The number of hydrogen-bond acceptors (Lipinski definition) is 3. The summed E-state index contributed by atoms with van der Waals surface area (Å²) in [5.74, 6) is 1.56. The van der Waals surface area contributed by atoms with E-state index in [1.54, 1.807) is 0 Å². The van der Waals surface area contributed by atoms with Crippen molar-refractivity contribution in [3.05, 3.63) is 58.1 Å². The summed E-state index contributed by atoms with van der Waals surface area (Å²) in [5, 5.41) is 3.52. The zero-order valence-electron chi connectivity index (χ0n) is 16.3. The number of rotatable bonds is 12. The van der Waals surface area contributed by atoms with Crippen molar-refractivity contribution in [2.24, 2.45) is 0 Å². The van der Waals surface area contributed by atoms with Crippen molar-refractivity contribution in [3.8, 4) is 11.5 Å². The zero-order valence-corrected chi connectivity index (χ0v) is 18.7. The summed E-state index contributed by atoms with van der Waals surface area (Å²) in [4.78, 5) is 0. The van der Waals surface area contributed by atoms with Gasteiger partial charge in [0, 0.05) is 6.54 Å². The molecule has 150 valence electrons. The van der Waals surface area contributed by atoms with Gasteiger partial charge < -0.3 is 14.8 Å². The van der Waals surface area contributed by atoms with E-state index in [9.17, 15) is 0 Å². The van der Waals surface area contributed by atoms with Crippen LogP contribution in [-0.4, -0.2) is 13.2 Å². The van der Waals surface area contributed by atoms with Gasteiger partial charge in [0.2, 0.25) is 0 Å². The van der Waals surface area contributed by atoms with Crippen LogP contribution in [0, 0.1) is 0 Å². The summed E-state index contributed by atoms with van der Waals surface area (Å²) in [7, 11) is 0. The first-order chi connectivity index (χ1) is 12.7. The lowest BCUT2D eigenvalue weighted by molar-refractivity contribution is 0.267. The predicted octanol–water partition coefficient (Wildman–Crippen LogP) is 6.52. The molecule has 0 amide bonds. The van der Waals surface area contributed by atoms with Gasteiger partial charge in [-0.05, 0) is 59.1 Å². The van der Waals surface area contributed by atoms with E-state index < -0.39 is 0 Å². The van der Waals surface area contributed by atoms with E-state index >= 15 is 0 Å². The molecule has 27 heavy (non-hydrogen) atoms. The highest BCUT2D eigenvalue weighted by Gasteiger charge is 2.12. The first-order valence-electron chi connectivity index (χ1n) is 9.57. The molecule has 0 spiro atoms. The fraction of sp³-hybridized carbons (Fsp3) is 0.455. The largest absolute Gasteiger partial charge is 0.490 e. The van der Waals surface area contributed by atoms with E-state index in [-0.39, 0.29) is 12.4 Å². The SMILES string of the molecule is CCCCCCNCc1cc(Br)c(OCc2ccccc2)c(OCC)c1.Cl. The molecule has 0 aromatic heterocycles.